The zero-order chi connectivity index (χ0) is 49.4. The van der Waals surface area contributed by atoms with Gasteiger partial charge in [-0.3, -0.25) is 28.8 Å². The van der Waals surface area contributed by atoms with Gasteiger partial charge in [0.2, 0.25) is 17.7 Å². The highest BCUT2D eigenvalue weighted by atomic mass is 35.5. The van der Waals surface area contributed by atoms with Crippen LogP contribution in [0.4, 0.5) is 14.9 Å². The van der Waals surface area contributed by atoms with E-state index in [2.05, 4.69) is 21.3 Å². The number of aromatic nitrogens is 1. The number of rotatable bonds is 15. The molecule has 67 heavy (non-hydrogen) atoms. The van der Waals surface area contributed by atoms with Crippen LogP contribution < -0.4 is 21.3 Å². The molecule has 4 aromatic carbocycles. The third-order valence-electron chi connectivity index (χ3n) is 9.65. The van der Waals surface area contributed by atoms with Crippen LogP contribution in [0.5, 0.6) is 0 Å². The summed E-state index contributed by atoms with van der Waals surface area (Å²) in [6.45, 7) is 14.8. The lowest BCUT2D eigenvalue weighted by Gasteiger charge is -2.27. The maximum absolute atomic E-state index is 14.7. The summed E-state index contributed by atoms with van der Waals surface area (Å²) in [6, 6.07) is 19.4. The highest BCUT2D eigenvalue weighted by Gasteiger charge is 2.35. The van der Waals surface area contributed by atoms with E-state index in [4.69, 9.17) is 25.8 Å². The number of benzene rings is 4. The Balaban J connectivity index is 1.52. The smallest absolute Gasteiger partial charge is 0.419 e. The first-order chi connectivity index (χ1) is 31.2. The molecule has 1 aromatic heterocycles. The van der Waals surface area contributed by atoms with Crippen molar-refractivity contribution in [2.45, 2.75) is 123 Å². The lowest BCUT2D eigenvalue weighted by Crippen LogP contribution is -2.57. The molecular weight excluding hydrogens is 885 g/mol. The standard InChI is InChI=1S/C50H57ClFN5O10/c1-48(2,3)65-41(58)22-20-36(43(60)53-35-16-12-15-34(52)27-35)54-45(62)38(28-42(59)66-49(4,5)6)55-44(61)37(24-29-17-18-30-13-10-11-14-31(30)23-29)56-46(63)40-26-32-25-33(51)19-21-39(32)57(40)47(64)67-50(7,8)9/h10-19,21,23,25-27,36-38H,20,22,24,28H2,1-9H3,(H,53,60)(H,54,62)(H,55,61)(H,56,63)/t36-,37-,38-/m0/s1. The second kappa shape index (κ2) is 21.2. The first kappa shape index (κ1) is 51.2. The van der Waals surface area contributed by atoms with Crippen LogP contribution in [-0.2, 0) is 44.6 Å². The average Bonchev–Trinajstić information content (AvgIpc) is 3.59. The molecule has 4 N–H and O–H groups in total. The van der Waals surface area contributed by atoms with Gasteiger partial charge in [0, 0.05) is 28.9 Å². The SMILES string of the molecule is CC(C)(C)OC(=O)CC[C@H](NC(=O)[C@H](CC(=O)OC(C)(C)C)NC(=O)[C@H](Cc1ccc2ccccc2c1)NC(=O)c1cc2cc(Cl)ccc2n1C(=O)OC(C)(C)C)C(=O)Nc1cccc(F)c1. The Kier molecular flexibility index (Phi) is 16.2. The van der Waals surface area contributed by atoms with Crippen LogP contribution in [0.2, 0.25) is 5.02 Å². The summed E-state index contributed by atoms with van der Waals surface area (Å²) in [7, 11) is 0. The Hall–Kier alpha value is -6.81. The van der Waals surface area contributed by atoms with Gasteiger partial charge in [-0.05, 0) is 128 Å². The molecule has 1 heterocycles. The minimum absolute atomic E-state index is 0.0567. The van der Waals surface area contributed by atoms with Gasteiger partial charge in [-0.2, -0.15) is 0 Å². The van der Waals surface area contributed by atoms with Crippen LogP contribution in [0.1, 0.15) is 97.6 Å². The number of nitrogens with one attached hydrogen (secondary N) is 4. The molecule has 15 nitrogen and oxygen atoms in total. The van der Waals surface area contributed by atoms with Crippen molar-refractivity contribution >= 4 is 80.6 Å². The monoisotopic (exact) mass is 941 g/mol. The molecule has 0 unspecified atom stereocenters. The molecule has 5 rings (SSSR count). The van der Waals surface area contributed by atoms with Gasteiger partial charge in [-0.25, -0.2) is 13.8 Å². The first-order valence-electron chi connectivity index (χ1n) is 21.7. The lowest BCUT2D eigenvalue weighted by molar-refractivity contribution is -0.156. The Morgan fingerprint density at radius 1 is 0.612 bits per heavy atom. The van der Waals surface area contributed by atoms with E-state index in [1.165, 1.54) is 24.3 Å². The normalized spacial score (nSPS) is 13.2. The van der Waals surface area contributed by atoms with Crippen molar-refractivity contribution in [1.29, 1.82) is 0 Å². The van der Waals surface area contributed by atoms with Gasteiger partial charge in [0.25, 0.3) is 5.91 Å². The highest BCUT2D eigenvalue weighted by Crippen LogP contribution is 2.26. The first-order valence-corrected chi connectivity index (χ1v) is 22.0. The molecule has 17 heteroatoms. The zero-order valence-electron chi connectivity index (χ0n) is 39.0. The molecule has 5 aromatic rings. The number of ether oxygens (including phenoxy) is 3. The van der Waals surface area contributed by atoms with E-state index < -0.39 is 88.8 Å². The third-order valence-corrected chi connectivity index (χ3v) is 9.89. The maximum atomic E-state index is 14.7. The Labute approximate surface area is 393 Å². The summed E-state index contributed by atoms with van der Waals surface area (Å²) in [4.78, 5) is 97.1. The number of hydrogen-bond donors (Lipinski definition) is 4. The van der Waals surface area contributed by atoms with Crippen molar-refractivity contribution in [3.05, 3.63) is 113 Å². The number of hydrogen-bond acceptors (Lipinski definition) is 10. The Morgan fingerprint density at radius 3 is 1.90 bits per heavy atom. The van der Waals surface area contributed by atoms with E-state index in [0.29, 0.717) is 21.5 Å². The molecular formula is C50H57ClFN5O10. The molecule has 0 saturated heterocycles. The third kappa shape index (κ3) is 15.4. The van der Waals surface area contributed by atoms with E-state index in [-0.39, 0.29) is 30.6 Å². The van der Waals surface area contributed by atoms with Crippen LogP contribution in [0.3, 0.4) is 0 Å². The molecule has 0 bridgehead atoms. The second-order valence-electron chi connectivity index (χ2n) is 19.0. The minimum Gasteiger partial charge on any atom is -0.460 e. The van der Waals surface area contributed by atoms with Crippen molar-refractivity contribution < 1.29 is 52.2 Å². The van der Waals surface area contributed by atoms with Gasteiger partial charge in [-0.15, -0.1) is 0 Å². The lowest BCUT2D eigenvalue weighted by atomic mass is 10.0. The number of anilines is 1. The van der Waals surface area contributed by atoms with Crippen molar-refractivity contribution in [3.63, 3.8) is 0 Å². The molecule has 4 amide bonds. The van der Waals surface area contributed by atoms with Crippen LogP contribution in [0.25, 0.3) is 21.7 Å². The highest BCUT2D eigenvalue weighted by molar-refractivity contribution is 6.31. The zero-order valence-corrected chi connectivity index (χ0v) is 39.8. The summed E-state index contributed by atoms with van der Waals surface area (Å²) < 4.78 is 31.8. The predicted molar refractivity (Wildman–Crippen MR) is 252 cm³/mol. The average molecular weight is 942 g/mol. The van der Waals surface area contributed by atoms with E-state index in [1.807, 2.05) is 36.4 Å². The number of fused-ring (bicyclic) bond motifs is 2. The molecule has 3 atom stereocenters. The van der Waals surface area contributed by atoms with Gasteiger partial charge in [0.05, 0.1) is 11.9 Å². The summed E-state index contributed by atoms with van der Waals surface area (Å²) in [5.41, 5.74) is -2.05. The van der Waals surface area contributed by atoms with Gasteiger partial charge >= 0.3 is 18.0 Å². The number of halogens is 2. The van der Waals surface area contributed by atoms with E-state index in [0.717, 1.165) is 21.4 Å². The Morgan fingerprint density at radius 2 is 1.24 bits per heavy atom. The largest absolute Gasteiger partial charge is 0.460 e. The van der Waals surface area contributed by atoms with Crippen molar-refractivity contribution in [2.75, 3.05) is 5.32 Å². The fourth-order valence-corrected chi connectivity index (χ4v) is 7.10. The van der Waals surface area contributed by atoms with E-state index in [9.17, 15) is 38.0 Å². The summed E-state index contributed by atoms with van der Waals surface area (Å²) in [5.74, 6) is -5.88. The fourth-order valence-electron chi connectivity index (χ4n) is 6.92. The summed E-state index contributed by atoms with van der Waals surface area (Å²) >= 11 is 6.29. The van der Waals surface area contributed by atoms with Gasteiger partial charge < -0.3 is 35.5 Å². The van der Waals surface area contributed by atoms with Crippen LogP contribution in [0.15, 0.2) is 91.0 Å². The Bertz CT molecular complexity index is 2680. The topological polar surface area (TPSA) is 200 Å². The van der Waals surface area contributed by atoms with Gasteiger partial charge in [-0.1, -0.05) is 60.1 Å². The van der Waals surface area contributed by atoms with E-state index >= 15 is 0 Å². The fraction of sp³-hybridized carbons (Fsp3) is 0.380. The second-order valence-corrected chi connectivity index (χ2v) is 19.4. The van der Waals surface area contributed by atoms with Crippen molar-refractivity contribution in [2.24, 2.45) is 0 Å². The predicted octanol–water partition coefficient (Wildman–Crippen LogP) is 8.17. The molecule has 0 fully saturated rings. The minimum atomic E-state index is -1.72. The number of nitrogens with zero attached hydrogens (tertiary/aromatic N) is 1. The maximum Gasteiger partial charge on any atom is 0.419 e. The number of amides is 4. The van der Waals surface area contributed by atoms with Crippen LogP contribution in [0, 0.1) is 5.82 Å². The molecule has 0 spiro atoms. The van der Waals surface area contributed by atoms with Crippen molar-refractivity contribution in [1.82, 2.24) is 20.5 Å². The summed E-state index contributed by atoms with van der Waals surface area (Å²) in [6.07, 6.45) is -2.39. The van der Waals surface area contributed by atoms with Gasteiger partial charge in [0.1, 0.15) is 46.4 Å². The number of esters is 2. The molecule has 0 aliphatic carbocycles. The van der Waals surface area contributed by atoms with Crippen LogP contribution in [-0.4, -0.2) is 81.2 Å². The van der Waals surface area contributed by atoms with Gasteiger partial charge in [0.15, 0.2) is 0 Å². The quantitative estimate of drug-likeness (QED) is 0.0586. The molecule has 0 aliphatic heterocycles. The van der Waals surface area contributed by atoms with E-state index in [1.54, 1.807) is 86.6 Å². The summed E-state index contributed by atoms with van der Waals surface area (Å²) in [5, 5.41) is 12.9. The molecule has 0 saturated carbocycles. The van der Waals surface area contributed by atoms with Crippen molar-refractivity contribution in [3.8, 4) is 0 Å². The molecule has 0 aliphatic rings. The number of carbonyl (C=O) groups is 7. The molecule has 0 radical (unpaired) electrons. The number of carbonyl (C=O) groups excluding carboxylic acids is 7. The van der Waals surface area contributed by atoms with Crippen LogP contribution >= 0.6 is 11.6 Å². The molecule has 356 valence electrons.